The van der Waals surface area contributed by atoms with Crippen molar-refractivity contribution in [1.29, 1.82) is 0 Å². The van der Waals surface area contributed by atoms with Crippen molar-refractivity contribution in [2.45, 2.75) is 35.3 Å². The molecule has 0 spiro atoms. The molecule has 0 aliphatic carbocycles. The van der Waals surface area contributed by atoms with E-state index >= 15 is 0 Å². The zero-order chi connectivity index (χ0) is 23.3. The first-order valence-electron chi connectivity index (χ1n) is 11.1. The molecular formula is C26H28N2O3S2. The maximum absolute atomic E-state index is 13.0. The number of anilines is 1. The summed E-state index contributed by atoms with van der Waals surface area (Å²) >= 11 is 1.77. The van der Waals surface area contributed by atoms with Crippen molar-refractivity contribution >= 4 is 33.4 Å². The summed E-state index contributed by atoms with van der Waals surface area (Å²) in [5.74, 6) is 0.352. The SMILES string of the molecule is Cc1ccc(S(=O)(=O)N2CCC[C@H](C(=O)Nc3ccc(CSc4ccccc4)cc3)C2)cc1. The fourth-order valence-electron chi connectivity index (χ4n) is 3.85. The Bertz CT molecular complexity index is 1180. The first kappa shape index (κ1) is 23.5. The molecule has 0 unspecified atom stereocenters. The van der Waals surface area contributed by atoms with E-state index in [1.165, 1.54) is 14.8 Å². The van der Waals surface area contributed by atoms with Crippen LogP contribution < -0.4 is 5.32 Å². The van der Waals surface area contributed by atoms with Crippen LogP contribution in [-0.2, 0) is 20.6 Å². The van der Waals surface area contributed by atoms with Crippen molar-refractivity contribution in [3.63, 3.8) is 0 Å². The third kappa shape index (κ3) is 6.05. The van der Waals surface area contributed by atoms with Gasteiger partial charge in [0.2, 0.25) is 15.9 Å². The van der Waals surface area contributed by atoms with Gasteiger partial charge in [-0.15, -0.1) is 11.8 Å². The Morgan fingerprint density at radius 3 is 2.39 bits per heavy atom. The predicted octanol–water partition coefficient (Wildman–Crippen LogP) is 5.33. The Balaban J connectivity index is 1.34. The Morgan fingerprint density at radius 2 is 1.70 bits per heavy atom. The minimum Gasteiger partial charge on any atom is -0.326 e. The molecule has 3 aromatic rings. The van der Waals surface area contributed by atoms with E-state index in [1.807, 2.05) is 49.4 Å². The number of rotatable bonds is 7. The summed E-state index contributed by atoms with van der Waals surface area (Å²) in [5.41, 5.74) is 2.91. The zero-order valence-corrected chi connectivity index (χ0v) is 20.2. The van der Waals surface area contributed by atoms with Gasteiger partial charge in [0.15, 0.2) is 0 Å². The van der Waals surface area contributed by atoms with E-state index < -0.39 is 10.0 Å². The van der Waals surface area contributed by atoms with E-state index in [-0.39, 0.29) is 23.3 Å². The summed E-state index contributed by atoms with van der Waals surface area (Å²) < 4.78 is 27.5. The van der Waals surface area contributed by atoms with Crippen LogP contribution in [-0.4, -0.2) is 31.7 Å². The molecule has 1 saturated heterocycles. The molecule has 0 radical (unpaired) electrons. The van der Waals surface area contributed by atoms with Gasteiger partial charge < -0.3 is 5.32 Å². The molecule has 7 heteroatoms. The highest BCUT2D eigenvalue weighted by Crippen LogP contribution is 2.26. The van der Waals surface area contributed by atoms with Gasteiger partial charge in [-0.25, -0.2) is 8.42 Å². The molecule has 5 nitrogen and oxygen atoms in total. The molecule has 3 aromatic carbocycles. The molecule has 172 valence electrons. The van der Waals surface area contributed by atoms with Crippen molar-refractivity contribution < 1.29 is 13.2 Å². The lowest BCUT2D eigenvalue weighted by molar-refractivity contribution is -0.120. The third-order valence-electron chi connectivity index (χ3n) is 5.78. The van der Waals surface area contributed by atoms with E-state index in [4.69, 9.17) is 0 Å². The van der Waals surface area contributed by atoms with Gasteiger partial charge in [-0.2, -0.15) is 4.31 Å². The van der Waals surface area contributed by atoms with E-state index in [0.29, 0.717) is 19.4 Å². The van der Waals surface area contributed by atoms with Crippen molar-refractivity contribution in [2.24, 2.45) is 5.92 Å². The van der Waals surface area contributed by atoms with Crippen molar-refractivity contribution in [2.75, 3.05) is 18.4 Å². The smallest absolute Gasteiger partial charge is 0.243 e. The van der Waals surface area contributed by atoms with Crippen molar-refractivity contribution in [3.8, 4) is 0 Å². The standard InChI is InChI=1S/C26H28N2O3S2/c1-20-9-15-25(16-10-20)33(30,31)28-17-5-6-22(18-28)26(29)27-23-13-11-21(12-14-23)19-32-24-7-3-2-4-8-24/h2-4,7-16,22H,5-6,17-19H2,1H3,(H,27,29)/t22-/m0/s1. The summed E-state index contributed by atoms with van der Waals surface area (Å²) in [7, 11) is -3.60. The molecule has 0 saturated carbocycles. The first-order valence-corrected chi connectivity index (χ1v) is 13.5. The second kappa shape index (κ2) is 10.5. The van der Waals surface area contributed by atoms with Crippen molar-refractivity contribution in [1.82, 2.24) is 4.31 Å². The van der Waals surface area contributed by atoms with Crippen LogP contribution in [0.5, 0.6) is 0 Å². The van der Waals surface area contributed by atoms with E-state index in [2.05, 4.69) is 17.4 Å². The maximum Gasteiger partial charge on any atom is 0.243 e. The minimum atomic E-state index is -3.60. The Labute approximate surface area is 200 Å². The average Bonchev–Trinajstić information content (AvgIpc) is 2.84. The fraction of sp³-hybridized carbons (Fsp3) is 0.269. The first-order chi connectivity index (χ1) is 15.9. The van der Waals surface area contributed by atoms with Gasteiger partial charge in [0, 0.05) is 29.4 Å². The van der Waals surface area contributed by atoms with Crippen LogP contribution in [0.3, 0.4) is 0 Å². The molecule has 0 bridgehead atoms. The molecule has 1 amide bonds. The van der Waals surface area contributed by atoms with Gasteiger partial charge in [0.1, 0.15) is 0 Å². The summed E-state index contributed by atoms with van der Waals surface area (Å²) in [4.78, 5) is 14.4. The number of piperidine rings is 1. The van der Waals surface area contributed by atoms with Gasteiger partial charge in [-0.05, 0) is 61.7 Å². The molecule has 1 aliphatic heterocycles. The van der Waals surface area contributed by atoms with Crippen LogP contribution >= 0.6 is 11.8 Å². The third-order valence-corrected chi connectivity index (χ3v) is 8.75. The summed E-state index contributed by atoms with van der Waals surface area (Å²) in [6, 6.07) is 24.9. The quantitative estimate of drug-likeness (QED) is 0.465. The van der Waals surface area contributed by atoms with Gasteiger partial charge in [0.05, 0.1) is 10.8 Å². The van der Waals surface area contributed by atoms with Crippen LogP contribution in [0.4, 0.5) is 5.69 Å². The van der Waals surface area contributed by atoms with Crippen LogP contribution in [0.1, 0.15) is 24.0 Å². The second-order valence-corrected chi connectivity index (χ2v) is 11.3. The minimum absolute atomic E-state index is 0.134. The average molecular weight is 481 g/mol. The number of nitrogens with zero attached hydrogens (tertiary/aromatic N) is 1. The van der Waals surface area contributed by atoms with Crippen LogP contribution in [0.25, 0.3) is 0 Å². The van der Waals surface area contributed by atoms with Crippen molar-refractivity contribution in [3.05, 3.63) is 90.0 Å². The van der Waals surface area contributed by atoms with Gasteiger partial charge in [-0.3, -0.25) is 4.79 Å². The van der Waals surface area contributed by atoms with Gasteiger partial charge >= 0.3 is 0 Å². The van der Waals surface area contributed by atoms with Gasteiger partial charge in [0.25, 0.3) is 0 Å². The number of carbonyl (C=O) groups is 1. The number of amides is 1. The largest absolute Gasteiger partial charge is 0.326 e. The maximum atomic E-state index is 13.0. The number of thioether (sulfide) groups is 1. The second-order valence-electron chi connectivity index (χ2n) is 8.30. The van der Waals surface area contributed by atoms with E-state index in [1.54, 1.807) is 36.0 Å². The highest BCUT2D eigenvalue weighted by atomic mass is 32.2. The lowest BCUT2D eigenvalue weighted by Gasteiger charge is -2.31. The number of benzene rings is 3. The molecule has 0 aromatic heterocycles. The molecule has 1 fully saturated rings. The fourth-order valence-corrected chi connectivity index (χ4v) is 6.25. The normalized spacial score (nSPS) is 16.9. The Kier molecular flexibility index (Phi) is 7.53. The number of hydrogen-bond acceptors (Lipinski definition) is 4. The number of aryl methyl sites for hydroxylation is 1. The highest BCUT2D eigenvalue weighted by Gasteiger charge is 2.33. The molecule has 1 atom stereocenters. The highest BCUT2D eigenvalue weighted by molar-refractivity contribution is 7.98. The predicted molar refractivity (Wildman–Crippen MR) is 134 cm³/mol. The topological polar surface area (TPSA) is 66.5 Å². The number of hydrogen-bond donors (Lipinski definition) is 1. The molecular weight excluding hydrogens is 452 g/mol. The van der Waals surface area contributed by atoms with E-state index in [0.717, 1.165) is 17.0 Å². The lowest BCUT2D eigenvalue weighted by atomic mass is 9.98. The summed E-state index contributed by atoms with van der Waals surface area (Å²) in [6.45, 7) is 2.56. The monoisotopic (exact) mass is 480 g/mol. The summed E-state index contributed by atoms with van der Waals surface area (Å²) in [5, 5.41) is 2.96. The molecule has 33 heavy (non-hydrogen) atoms. The molecule has 1 heterocycles. The van der Waals surface area contributed by atoms with Crippen LogP contribution in [0.2, 0.25) is 0 Å². The Hall–Kier alpha value is -2.61. The molecule has 1 aliphatic rings. The van der Waals surface area contributed by atoms with E-state index in [9.17, 15) is 13.2 Å². The van der Waals surface area contributed by atoms with Crippen LogP contribution in [0.15, 0.2) is 88.7 Å². The molecule has 4 rings (SSSR count). The number of nitrogens with one attached hydrogen (secondary N) is 1. The Morgan fingerprint density at radius 1 is 1.00 bits per heavy atom. The number of sulfonamides is 1. The summed E-state index contributed by atoms with van der Waals surface area (Å²) in [6.07, 6.45) is 1.34. The van der Waals surface area contributed by atoms with Gasteiger partial charge in [-0.1, -0.05) is 48.0 Å². The lowest BCUT2D eigenvalue weighted by Crippen LogP contribution is -2.43. The number of carbonyl (C=O) groups excluding carboxylic acids is 1. The van der Waals surface area contributed by atoms with Crippen LogP contribution in [0, 0.1) is 12.8 Å². The molecule has 1 N–H and O–H groups in total. The zero-order valence-electron chi connectivity index (χ0n) is 18.6.